The number of hydrogen-bond donors (Lipinski definition) is 1. The summed E-state index contributed by atoms with van der Waals surface area (Å²) in [4.78, 5) is 3.92. The zero-order valence-electron chi connectivity index (χ0n) is 8.46. The van der Waals surface area contributed by atoms with Crippen LogP contribution in [0.2, 0.25) is 0 Å². The fraction of sp³-hybridized carbons (Fsp3) is 0.444. The summed E-state index contributed by atoms with van der Waals surface area (Å²) in [5, 5.41) is 2.35. The smallest absolute Gasteiger partial charge is 0.257 e. The average molecular weight is 241 g/mol. The molecule has 1 fully saturated rings. The quantitative estimate of drug-likeness (QED) is 0.819. The molecule has 0 aromatic heterocycles. The van der Waals surface area contributed by atoms with Gasteiger partial charge in [-0.3, -0.25) is 10.1 Å². The molecule has 7 heteroatoms. The fourth-order valence-corrected chi connectivity index (χ4v) is 3.32. The summed E-state index contributed by atoms with van der Waals surface area (Å²) in [6.07, 6.45) is 5.34. The third-order valence-electron chi connectivity index (χ3n) is 2.80. The Bertz CT molecular complexity index is 539. The maximum Gasteiger partial charge on any atom is 0.257 e. The van der Waals surface area contributed by atoms with Gasteiger partial charge in [-0.15, -0.1) is 0 Å². The van der Waals surface area contributed by atoms with Crippen molar-refractivity contribution in [2.45, 2.75) is 11.7 Å². The van der Waals surface area contributed by atoms with Crippen LogP contribution in [0.4, 0.5) is 0 Å². The van der Waals surface area contributed by atoms with Crippen LogP contribution in [-0.2, 0) is 14.8 Å². The number of fused-ring (bicyclic) bond motifs is 1. The normalized spacial score (nSPS) is 21.9. The molecule has 3 heterocycles. The molecule has 0 amide bonds. The zero-order valence-corrected chi connectivity index (χ0v) is 9.27. The molecular formula is C9H11N3O3S. The molecular weight excluding hydrogens is 230 g/mol. The summed E-state index contributed by atoms with van der Waals surface area (Å²) in [7, 11) is -3.36. The minimum Gasteiger partial charge on any atom is -0.380 e. The van der Waals surface area contributed by atoms with E-state index in [-0.39, 0.29) is 6.61 Å². The summed E-state index contributed by atoms with van der Waals surface area (Å²) in [5.74, 6) is 0. The SMILES string of the molecule is O=S(=O)([C@@H]1CCOC1)n1cc2cncc-2[nH]1. The van der Waals surface area contributed by atoms with E-state index in [1.165, 1.54) is 4.09 Å². The lowest BCUT2D eigenvalue weighted by Gasteiger charge is -2.09. The summed E-state index contributed by atoms with van der Waals surface area (Å²) < 4.78 is 30.5. The largest absolute Gasteiger partial charge is 0.380 e. The van der Waals surface area contributed by atoms with Crippen LogP contribution in [0.25, 0.3) is 11.3 Å². The highest BCUT2D eigenvalue weighted by atomic mass is 32.2. The van der Waals surface area contributed by atoms with Gasteiger partial charge in [0.1, 0.15) is 5.25 Å². The summed E-state index contributed by atoms with van der Waals surface area (Å²) >= 11 is 0. The lowest BCUT2D eigenvalue weighted by Crippen LogP contribution is -2.28. The topological polar surface area (TPSA) is 77.0 Å². The van der Waals surface area contributed by atoms with E-state index >= 15 is 0 Å². The second kappa shape index (κ2) is 3.33. The van der Waals surface area contributed by atoms with Gasteiger partial charge in [-0.25, -0.2) is 8.42 Å². The molecule has 3 aliphatic heterocycles. The Balaban J connectivity index is 2.04. The van der Waals surface area contributed by atoms with Gasteiger partial charge in [0, 0.05) is 24.6 Å². The molecule has 3 aliphatic rings. The van der Waals surface area contributed by atoms with E-state index in [0.29, 0.717) is 13.0 Å². The Morgan fingerprint density at radius 2 is 2.38 bits per heavy atom. The Kier molecular flexibility index (Phi) is 2.05. The van der Waals surface area contributed by atoms with Crippen molar-refractivity contribution in [1.29, 1.82) is 0 Å². The number of ether oxygens (including phenoxy) is 1. The second-order valence-corrected chi connectivity index (χ2v) is 5.93. The van der Waals surface area contributed by atoms with Crippen molar-refractivity contribution < 1.29 is 13.2 Å². The maximum absolute atomic E-state index is 12.1. The van der Waals surface area contributed by atoms with Crippen molar-refractivity contribution in [3.63, 3.8) is 0 Å². The Hall–Kier alpha value is -1.34. The minimum absolute atomic E-state index is 0.275. The van der Waals surface area contributed by atoms with E-state index in [9.17, 15) is 8.42 Å². The molecule has 1 saturated heterocycles. The Morgan fingerprint density at radius 3 is 3.06 bits per heavy atom. The number of rotatable bonds is 2. The van der Waals surface area contributed by atoms with Crippen LogP contribution in [0, 0.1) is 0 Å². The van der Waals surface area contributed by atoms with Gasteiger partial charge in [0.15, 0.2) is 0 Å². The van der Waals surface area contributed by atoms with Crippen LogP contribution in [0.15, 0.2) is 18.6 Å². The van der Waals surface area contributed by atoms with Crippen molar-refractivity contribution in [2.24, 2.45) is 0 Å². The average Bonchev–Trinajstić information content (AvgIpc) is 2.94. The molecule has 16 heavy (non-hydrogen) atoms. The maximum atomic E-state index is 12.1. The van der Waals surface area contributed by atoms with Crippen molar-refractivity contribution in [3.8, 4) is 11.3 Å². The molecule has 0 aromatic carbocycles. The summed E-state index contributed by atoms with van der Waals surface area (Å²) in [5.41, 5.74) is 1.52. The standard InChI is InChI=1S/C9H11N3O3S/c13-16(14,8-1-2-15-6-8)12-5-7-3-10-4-9(7)11-12/h3-5,8,11H,1-2,6H2/t8-/m1/s1. The van der Waals surface area contributed by atoms with Crippen LogP contribution in [0.1, 0.15) is 6.42 Å². The molecule has 0 radical (unpaired) electrons. The predicted molar refractivity (Wildman–Crippen MR) is 56.7 cm³/mol. The molecule has 0 saturated carbocycles. The van der Waals surface area contributed by atoms with Crippen LogP contribution >= 0.6 is 0 Å². The molecule has 0 aliphatic carbocycles. The molecule has 1 N–H and O–H groups in total. The second-order valence-electron chi connectivity index (χ2n) is 3.84. The number of aromatic nitrogens is 3. The summed E-state index contributed by atoms with van der Waals surface area (Å²) in [6, 6.07) is 0. The molecule has 0 bridgehead atoms. The lowest BCUT2D eigenvalue weighted by molar-refractivity contribution is 0.198. The van der Waals surface area contributed by atoms with Gasteiger partial charge in [0.25, 0.3) is 10.0 Å². The first-order valence-corrected chi connectivity index (χ1v) is 6.51. The van der Waals surface area contributed by atoms with Gasteiger partial charge < -0.3 is 4.74 Å². The molecule has 3 rings (SSSR count). The van der Waals surface area contributed by atoms with Gasteiger partial charge in [-0.05, 0) is 6.42 Å². The molecule has 1 atom stereocenters. The van der Waals surface area contributed by atoms with Gasteiger partial charge >= 0.3 is 0 Å². The fourth-order valence-electron chi connectivity index (χ4n) is 1.86. The van der Waals surface area contributed by atoms with Gasteiger partial charge in [-0.2, -0.15) is 4.09 Å². The van der Waals surface area contributed by atoms with Crippen LogP contribution in [-0.4, -0.2) is 41.1 Å². The number of hydrogen-bond acceptors (Lipinski definition) is 4. The number of H-pyrrole nitrogens is 1. The monoisotopic (exact) mass is 241 g/mol. The van der Waals surface area contributed by atoms with Gasteiger partial charge in [0.2, 0.25) is 0 Å². The zero-order chi connectivity index (χ0) is 11.2. The number of nitrogens with zero attached hydrogens (tertiary/aromatic N) is 2. The Labute approximate surface area is 92.6 Å². The number of aromatic amines is 1. The molecule has 0 unspecified atom stereocenters. The first-order valence-electron chi connectivity index (χ1n) is 5.01. The van der Waals surface area contributed by atoms with Crippen molar-refractivity contribution in [1.82, 2.24) is 14.2 Å². The highest BCUT2D eigenvalue weighted by Crippen LogP contribution is 2.22. The Morgan fingerprint density at radius 1 is 1.50 bits per heavy atom. The third-order valence-corrected chi connectivity index (χ3v) is 4.76. The first-order chi connectivity index (χ1) is 7.68. The van der Waals surface area contributed by atoms with E-state index in [4.69, 9.17) is 4.74 Å². The molecule has 86 valence electrons. The minimum atomic E-state index is -3.36. The summed E-state index contributed by atoms with van der Waals surface area (Å²) in [6.45, 7) is 0.787. The number of nitrogens with one attached hydrogen (secondary N) is 1. The van der Waals surface area contributed by atoms with E-state index in [1.54, 1.807) is 18.6 Å². The van der Waals surface area contributed by atoms with Gasteiger partial charge in [-0.1, -0.05) is 0 Å². The highest BCUT2D eigenvalue weighted by Gasteiger charge is 2.32. The predicted octanol–water partition coefficient (Wildman–Crippen LogP) is 0.283. The van der Waals surface area contributed by atoms with Crippen LogP contribution in [0.5, 0.6) is 0 Å². The first kappa shape index (κ1) is 9.86. The van der Waals surface area contributed by atoms with E-state index in [1.807, 2.05) is 0 Å². The van der Waals surface area contributed by atoms with Crippen molar-refractivity contribution >= 4 is 10.0 Å². The van der Waals surface area contributed by atoms with E-state index in [2.05, 4.69) is 10.1 Å². The van der Waals surface area contributed by atoms with Gasteiger partial charge in [0.05, 0.1) is 18.5 Å². The van der Waals surface area contributed by atoms with E-state index < -0.39 is 15.3 Å². The highest BCUT2D eigenvalue weighted by molar-refractivity contribution is 7.90. The van der Waals surface area contributed by atoms with Crippen molar-refractivity contribution in [2.75, 3.05) is 13.2 Å². The van der Waals surface area contributed by atoms with Crippen molar-refractivity contribution in [3.05, 3.63) is 18.6 Å². The molecule has 0 spiro atoms. The molecule has 6 nitrogen and oxygen atoms in total. The lowest BCUT2D eigenvalue weighted by atomic mass is 10.3. The molecule has 0 aromatic rings. The third kappa shape index (κ3) is 1.35. The van der Waals surface area contributed by atoms with Crippen LogP contribution in [0.3, 0.4) is 0 Å². The van der Waals surface area contributed by atoms with E-state index in [0.717, 1.165) is 11.3 Å². The van der Waals surface area contributed by atoms with Crippen LogP contribution < -0.4 is 0 Å².